The number of hydrogen-bond donors (Lipinski definition) is 0. The number of thiophene rings is 1. The number of sulfone groups is 1. The summed E-state index contributed by atoms with van der Waals surface area (Å²) in [6.45, 7) is 1.47. The quantitative estimate of drug-likeness (QED) is 0.489. The Hall–Kier alpha value is -2.48. The standard InChI is InChI=1S/C24H25NO4S2/c1-29-20-5-2-4-19(16-20)23(26)17-25-13-11-22(12-14-25)31(27,28)21-9-7-18(8-10-21)24-6-3-15-30-24/h2-10,15-16,22H,11-14,17H2,1H3. The Morgan fingerprint density at radius 1 is 1.06 bits per heavy atom. The summed E-state index contributed by atoms with van der Waals surface area (Å²) in [6, 6.07) is 18.3. The normalized spacial score (nSPS) is 15.6. The third-order valence-corrected chi connectivity index (χ3v) is 8.92. The van der Waals surface area contributed by atoms with Gasteiger partial charge in [0.05, 0.1) is 23.8 Å². The van der Waals surface area contributed by atoms with E-state index in [4.69, 9.17) is 4.74 Å². The van der Waals surface area contributed by atoms with E-state index < -0.39 is 15.1 Å². The lowest BCUT2D eigenvalue weighted by molar-refractivity contribution is 0.0916. The number of Topliss-reactive ketones (excluding diaryl/α,β-unsaturated/α-hetero) is 1. The van der Waals surface area contributed by atoms with Gasteiger partial charge in [-0.2, -0.15) is 0 Å². The first kappa shape index (κ1) is 21.7. The summed E-state index contributed by atoms with van der Waals surface area (Å²) in [5, 5.41) is 1.59. The van der Waals surface area contributed by atoms with E-state index in [1.54, 1.807) is 54.8 Å². The fraction of sp³-hybridized carbons (Fsp3) is 0.292. The number of rotatable bonds is 7. The molecule has 3 aromatic rings. The summed E-state index contributed by atoms with van der Waals surface area (Å²) < 4.78 is 31.4. The zero-order valence-corrected chi connectivity index (χ0v) is 19.0. The van der Waals surface area contributed by atoms with Gasteiger partial charge in [-0.15, -0.1) is 11.3 Å². The van der Waals surface area contributed by atoms with Crippen molar-refractivity contribution in [3.63, 3.8) is 0 Å². The average molecular weight is 456 g/mol. The fourth-order valence-electron chi connectivity index (χ4n) is 3.91. The lowest BCUT2D eigenvalue weighted by atomic mass is 10.1. The third kappa shape index (κ3) is 4.89. The molecule has 0 spiro atoms. The summed E-state index contributed by atoms with van der Waals surface area (Å²) in [7, 11) is -1.81. The predicted molar refractivity (Wildman–Crippen MR) is 124 cm³/mol. The molecule has 1 fully saturated rings. The smallest absolute Gasteiger partial charge is 0.181 e. The molecule has 1 aliphatic rings. The van der Waals surface area contributed by atoms with Crippen molar-refractivity contribution < 1.29 is 17.9 Å². The Kier molecular flexibility index (Phi) is 6.55. The van der Waals surface area contributed by atoms with Crippen LogP contribution in [0.3, 0.4) is 0 Å². The highest BCUT2D eigenvalue weighted by Gasteiger charge is 2.31. The van der Waals surface area contributed by atoms with E-state index in [2.05, 4.69) is 0 Å². The van der Waals surface area contributed by atoms with Gasteiger partial charge in [-0.05, 0) is 67.2 Å². The molecule has 0 aliphatic carbocycles. The average Bonchev–Trinajstić information content (AvgIpc) is 3.34. The van der Waals surface area contributed by atoms with Gasteiger partial charge in [-0.1, -0.05) is 30.3 Å². The zero-order valence-electron chi connectivity index (χ0n) is 17.4. The van der Waals surface area contributed by atoms with Crippen LogP contribution in [0.2, 0.25) is 0 Å². The Labute approximate surface area is 187 Å². The molecule has 31 heavy (non-hydrogen) atoms. The number of hydrogen-bond acceptors (Lipinski definition) is 6. The number of ketones is 1. The van der Waals surface area contributed by atoms with Crippen LogP contribution in [0.15, 0.2) is 70.9 Å². The van der Waals surface area contributed by atoms with Gasteiger partial charge in [0.25, 0.3) is 0 Å². The molecule has 0 atom stereocenters. The maximum atomic E-state index is 13.1. The minimum atomic E-state index is -3.39. The van der Waals surface area contributed by atoms with Crippen LogP contribution in [0.5, 0.6) is 5.75 Å². The Morgan fingerprint density at radius 3 is 2.45 bits per heavy atom. The van der Waals surface area contributed by atoms with Gasteiger partial charge >= 0.3 is 0 Å². The first-order valence-corrected chi connectivity index (χ1v) is 12.7. The second-order valence-corrected chi connectivity index (χ2v) is 10.9. The number of ether oxygens (including phenoxy) is 1. The fourth-order valence-corrected chi connectivity index (χ4v) is 6.38. The molecule has 0 unspecified atom stereocenters. The summed E-state index contributed by atoms with van der Waals surface area (Å²) in [4.78, 5) is 16.1. The minimum absolute atomic E-state index is 0.0179. The van der Waals surface area contributed by atoms with Crippen LogP contribution in [0, 0.1) is 0 Å². The highest BCUT2D eigenvalue weighted by molar-refractivity contribution is 7.92. The number of likely N-dealkylation sites (tertiary alicyclic amines) is 1. The van der Waals surface area contributed by atoms with Crippen molar-refractivity contribution in [2.24, 2.45) is 0 Å². The number of methoxy groups -OCH3 is 1. The molecule has 1 aliphatic heterocycles. The molecule has 5 nitrogen and oxygen atoms in total. The Morgan fingerprint density at radius 2 is 1.81 bits per heavy atom. The number of benzene rings is 2. The van der Waals surface area contributed by atoms with E-state index in [0.717, 1.165) is 10.4 Å². The van der Waals surface area contributed by atoms with Crippen LogP contribution in [0.1, 0.15) is 23.2 Å². The summed E-state index contributed by atoms with van der Waals surface area (Å²) >= 11 is 1.63. The van der Waals surface area contributed by atoms with Crippen LogP contribution >= 0.6 is 11.3 Å². The van der Waals surface area contributed by atoms with E-state index in [1.165, 1.54) is 0 Å². The Balaban J connectivity index is 1.37. The van der Waals surface area contributed by atoms with Gasteiger partial charge in [-0.25, -0.2) is 8.42 Å². The molecule has 0 N–H and O–H groups in total. The molecule has 162 valence electrons. The van der Waals surface area contributed by atoms with Crippen LogP contribution in [-0.2, 0) is 9.84 Å². The maximum absolute atomic E-state index is 13.1. The van der Waals surface area contributed by atoms with Crippen molar-refractivity contribution in [2.75, 3.05) is 26.7 Å². The van der Waals surface area contributed by atoms with Crippen molar-refractivity contribution >= 4 is 27.0 Å². The second kappa shape index (κ2) is 9.34. The Bertz CT molecular complexity index is 1130. The van der Waals surface area contributed by atoms with Crippen LogP contribution in [-0.4, -0.2) is 51.1 Å². The lowest BCUT2D eigenvalue weighted by Crippen LogP contribution is -2.41. The van der Waals surface area contributed by atoms with Crippen LogP contribution in [0.25, 0.3) is 10.4 Å². The van der Waals surface area contributed by atoms with Crippen LogP contribution < -0.4 is 4.74 Å². The van der Waals surface area contributed by atoms with Crippen molar-refractivity contribution in [1.29, 1.82) is 0 Å². The predicted octanol–water partition coefficient (Wildman–Crippen LogP) is 4.54. The molecule has 0 saturated carbocycles. The zero-order chi connectivity index (χ0) is 21.8. The lowest BCUT2D eigenvalue weighted by Gasteiger charge is -2.31. The molecule has 1 saturated heterocycles. The van der Waals surface area contributed by atoms with E-state index in [1.807, 2.05) is 34.5 Å². The second-order valence-electron chi connectivity index (χ2n) is 7.68. The molecule has 4 rings (SSSR count). The SMILES string of the molecule is COc1cccc(C(=O)CN2CCC(S(=O)(=O)c3ccc(-c4cccs4)cc3)CC2)c1. The number of piperidine rings is 1. The van der Waals surface area contributed by atoms with Gasteiger partial charge < -0.3 is 4.74 Å². The van der Waals surface area contributed by atoms with E-state index in [0.29, 0.717) is 42.1 Å². The molecule has 0 radical (unpaired) electrons. The maximum Gasteiger partial charge on any atom is 0.181 e. The van der Waals surface area contributed by atoms with E-state index in [9.17, 15) is 13.2 Å². The number of carbonyl (C=O) groups excluding carboxylic acids is 1. The molecule has 7 heteroatoms. The number of nitrogens with zero attached hydrogens (tertiary/aromatic N) is 1. The summed E-state index contributed by atoms with van der Waals surface area (Å²) in [5.74, 6) is 0.671. The molecular formula is C24H25NO4S2. The van der Waals surface area contributed by atoms with E-state index >= 15 is 0 Å². The third-order valence-electron chi connectivity index (χ3n) is 5.72. The molecular weight excluding hydrogens is 430 g/mol. The van der Waals surface area contributed by atoms with Crippen molar-refractivity contribution in [3.8, 4) is 16.2 Å². The molecule has 1 aromatic heterocycles. The first-order chi connectivity index (χ1) is 15.0. The van der Waals surface area contributed by atoms with Crippen molar-refractivity contribution in [2.45, 2.75) is 23.0 Å². The van der Waals surface area contributed by atoms with E-state index in [-0.39, 0.29) is 12.3 Å². The molecule has 2 aromatic carbocycles. The molecule has 0 amide bonds. The van der Waals surface area contributed by atoms with Gasteiger partial charge in [-0.3, -0.25) is 9.69 Å². The highest BCUT2D eigenvalue weighted by atomic mass is 32.2. The monoisotopic (exact) mass is 455 g/mol. The largest absolute Gasteiger partial charge is 0.497 e. The van der Waals surface area contributed by atoms with Gasteiger partial charge in [0.2, 0.25) is 0 Å². The molecule has 0 bridgehead atoms. The van der Waals surface area contributed by atoms with Crippen molar-refractivity contribution in [1.82, 2.24) is 4.90 Å². The van der Waals surface area contributed by atoms with Gasteiger partial charge in [0.15, 0.2) is 15.6 Å². The summed E-state index contributed by atoms with van der Waals surface area (Å²) in [6.07, 6.45) is 1.06. The first-order valence-electron chi connectivity index (χ1n) is 10.2. The topological polar surface area (TPSA) is 63.7 Å². The van der Waals surface area contributed by atoms with Gasteiger partial charge in [0.1, 0.15) is 5.75 Å². The molecule has 2 heterocycles. The number of carbonyl (C=O) groups is 1. The van der Waals surface area contributed by atoms with Crippen LogP contribution in [0.4, 0.5) is 0 Å². The minimum Gasteiger partial charge on any atom is -0.497 e. The van der Waals surface area contributed by atoms with Gasteiger partial charge in [0, 0.05) is 10.4 Å². The van der Waals surface area contributed by atoms with Crippen molar-refractivity contribution in [3.05, 3.63) is 71.6 Å². The highest BCUT2D eigenvalue weighted by Crippen LogP contribution is 2.29. The summed E-state index contributed by atoms with van der Waals surface area (Å²) in [5.41, 5.74) is 1.64.